The highest BCUT2D eigenvalue weighted by Crippen LogP contribution is 2.33. The number of halogens is 1. The number of nitrogens with zero attached hydrogens (tertiary/aromatic N) is 8. The van der Waals surface area contributed by atoms with Crippen molar-refractivity contribution in [1.29, 1.82) is 0 Å². The van der Waals surface area contributed by atoms with E-state index in [-0.39, 0.29) is 65.9 Å². The van der Waals surface area contributed by atoms with Gasteiger partial charge in [-0.3, -0.25) is 19.4 Å². The van der Waals surface area contributed by atoms with Crippen LogP contribution in [0.4, 0.5) is 34.9 Å². The van der Waals surface area contributed by atoms with Crippen LogP contribution in [0.3, 0.4) is 0 Å². The number of para-hydroxylation sites is 2. The number of ether oxygens (including phenoxy) is 2. The third kappa shape index (κ3) is 14.7. The number of rotatable bonds is 12. The Labute approximate surface area is 551 Å². The predicted molar refractivity (Wildman–Crippen MR) is 356 cm³/mol. The molecular weight excluding hydrogens is 1220 g/mol. The van der Waals surface area contributed by atoms with Crippen molar-refractivity contribution in [1.82, 2.24) is 59.1 Å². The van der Waals surface area contributed by atoms with Gasteiger partial charge in [0.2, 0.25) is 0 Å². The van der Waals surface area contributed by atoms with Crippen LogP contribution >= 0.6 is 0 Å². The zero-order valence-electron chi connectivity index (χ0n) is 54.6. The van der Waals surface area contributed by atoms with Crippen molar-refractivity contribution in [3.63, 3.8) is 0 Å². The molecule has 0 spiro atoms. The topological polar surface area (TPSA) is 268 Å². The number of aryl methyl sites for hydroxylation is 2. The van der Waals surface area contributed by atoms with Crippen LogP contribution in [0.15, 0.2) is 76.3 Å². The molecule has 6 N–H and O–H groups in total. The summed E-state index contributed by atoms with van der Waals surface area (Å²) >= 11 is 0. The van der Waals surface area contributed by atoms with Gasteiger partial charge in [-0.2, -0.15) is 0 Å². The Bertz CT molecular complexity index is 3920. The van der Waals surface area contributed by atoms with Gasteiger partial charge in [0.15, 0.2) is 12.2 Å². The van der Waals surface area contributed by atoms with E-state index in [0.29, 0.717) is 120 Å². The number of H-pyrrole nitrogens is 4. The van der Waals surface area contributed by atoms with E-state index in [0.717, 1.165) is 70.8 Å². The number of likely N-dealkylation sites (tertiary alicyclic amines) is 2. The van der Waals surface area contributed by atoms with Gasteiger partial charge in [0, 0.05) is 134 Å². The highest BCUT2D eigenvalue weighted by Gasteiger charge is 2.40. The molecule has 0 bridgehead atoms. The summed E-state index contributed by atoms with van der Waals surface area (Å²) in [7, 11) is 0. The highest BCUT2D eigenvalue weighted by atomic mass is 19.1. The van der Waals surface area contributed by atoms with E-state index < -0.39 is 30.2 Å². The van der Waals surface area contributed by atoms with E-state index in [9.17, 15) is 42.7 Å². The van der Waals surface area contributed by atoms with Gasteiger partial charge in [-0.25, -0.2) is 33.2 Å². The van der Waals surface area contributed by atoms with Crippen LogP contribution in [0.2, 0.25) is 0 Å². The van der Waals surface area contributed by atoms with Crippen LogP contribution in [-0.2, 0) is 45.0 Å². The third-order valence-electron chi connectivity index (χ3n) is 21.2. The Morgan fingerprint density at radius 3 is 1.38 bits per heavy atom. The van der Waals surface area contributed by atoms with Gasteiger partial charge in [-0.1, -0.05) is 81.0 Å². The predicted octanol–water partition coefficient (Wildman–Crippen LogP) is 8.54. The zero-order chi connectivity index (χ0) is 65.9. The van der Waals surface area contributed by atoms with Crippen molar-refractivity contribution < 1.29 is 42.6 Å². The lowest BCUT2D eigenvalue weighted by molar-refractivity contribution is -0.143. The first-order valence-corrected chi connectivity index (χ1v) is 34.5. The van der Waals surface area contributed by atoms with Gasteiger partial charge in [0.25, 0.3) is 11.8 Å². The quantitative estimate of drug-likeness (QED) is 0.0673. The summed E-state index contributed by atoms with van der Waals surface area (Å²) in [5.74, 6) is -0.844. The number of hydrogen-bond donors (Lipinski definition) is 6. The summed E-state index contributed by atoms with van der Waals surface area (Å²) in [5, 5.41) is 5.67. The van der Waals surface area contributed by atoms with Crippen LogP contribution in [-0.4, -0.2) is 210 Å². The van der Waals surface area contributed by atoms with Crippen LogP contribution in [0.1, 0.15) is 123 Å². The van der Waals surface area contributed by atoms with Gasteiger partial charge in [-0.15, -0.1) is 0 Å². The molecule has 2 atom stereocenters. The van der Waals surface area contributed by atoms with Crippen LogP contribution in [0.25, 0.3) is 22.1 Å². The fourth-order valence-electron chi connectivity index (χ4n) is 15.9. The largest absolute Gasteiger partial charge is 0.436 e. The molecule has 8 amide bonds. The number of amides is 8. The Kier molecular flexibility index (Phi) is 19.6. The Balaban J connectivity index is 0.000000172. The van der Waals surface area contributed by atoms with Crippen molar-refractivity contribution in [2.45, 2.75) is 166 Å². The fraction of sp³-hybridized carbons (Fsp3) is 0.543. The van der Waals surface area contributed by atoms with Crippen LogP contribution < -0.4 is 22.0 Å². The van der Waals surface area contributed by atoms with Gasteiger partial charge in [0.05, 0.1) is 27.8 Å². The van der Waals surface area contributed by atoms with Gasteiger partial charge >= 0.3 is 35.6 Å². The zero-order valence-corrected chi connectivity index (χ0v) is 54.6. The van der Waals surface area contributed by atoms with E-state index in [4.69, 9.17) is 9.47 Å². The molecule has 6 aromatic rings. The number of urea groups is 2. The van der Waals surface area contributed by atoms with Crippen LogP contribution in [0.5, 0.6) is 0 Å². The number of benzene rings is 4. The molecular formula is C70H89FN14O10. The lowest BCUT2D eigenvalue weighted by atomic mass is 9.94. The number of carbonyl (C=O) groups is 6. The second-order valence-electron chi connectivity index (χ2n) is 27.3. The van der Waals surface area contributed by atoms with Crippen molar-refractivity contribution in [3.8, 4) is 0 Å². The van der Waals surface area contributed by atoms with E-state index in [1.54, 1.807) is 26.8 Å². The smallest absolute Gasteiger partial charge is 0.410 e. The molecule has 2 aliphatic carbocycles. The van der Waals surface area contributed by atoms with Gasteiger partial charge in [-0.05, 0) is 123 Å². The van der Waals surface area contributed by atoms with Crippen molar-refractivity contribution in [2.75, 3.05) is 89.2 Å². The normalized spacial score (nSPS) is 20.5. The monoisotopic (exact) mass is 1300 g/mol. The molecule has 2 saturated carbocycles. The number of nitrogens with one attached hydrogen (secondary N) is 6. The standard InChI is InChI=1S/C35H44FN7O5.C35H45N7O5/c1-22-18-23(19-28-30(22)38-33(45)37-28)20-29(32(44)41-16-14-40(15-17-41)25-7-3-2-4-8-25)48-35(47)42-12-10-26(11-13-42)43-21-24-6-5-9-27(36)31(24)39-34(43)46;1-23-19-24(20-29-31(23)38-33(44)36-29)21-30(32(43)40-17-15-39(16-18-40)26-8-3-2-4-9-26)47-35(46)41-13-11-27(12-14-41)42-22-25-7-5-6-10-28(25)37-34(42)45/h5-6,9,18-19,25-26,29H,2-4,7-8,10-17,20-21H2,1H3,(H,39,46)(H2,37,38,45);5-7,10,19-20,26-27,30H,2-4,8-9,11-18,21-22H2,1H3,(H,37,45)(H2,36,38,44). The molecule has 24 nitrogen and oxygen atoms in total. The summed E-state index contributed by atoms with van der Waals surface area (Å²) in [6, 6.07) is 20.7. The van der Waals surface area contributed by atoms with Gasteiger partial charge in [0.1, 0.15) is 5.82 Å². The van der Waals surface area contributed by atoms with E-state index >= 15 is 0 Å². The molecule has 14 rings (SSSR count). The number of fused-ring (bicyclic) bond motifs is 4. The molecule has 25 heteroatoms. The fourth-order valence-corrected chi connectivity index (χ4v) is 15.9. The molecule has 8 heterocycles. The molecule has 8 aliphatic rings. The number of carbonyl (C=O) groups excluding carboxylic acids is 6. The summed E-state index contributed by atoms with van der Waals surface area (Å²) in [4.78, 5) is 132. The molecule has 4 aromatic carbocycles. The number of anilines is 2. The summed E-state index contributed by atoms with van der Waals surface area (Å²) in [6.07, 6.45) is 12.2. The summed E-state index contributed by atoms with van der Waals surface area (Å²) < 4.78 is 26.3. The Hall–Kier alpha value is -8.71. The first-order chi connectivity index (χ1) is 46.0. The molecule has 4 saturated heterocycles. The summed E-state index contributed by atoms with van der Waals surface area (Å²) in [6.45, 7) is 11.9. The highest BCUT2D eigenvalue weighted by molar-refractivity contribution is 5.94. The first-order valence-electron chi connectivity index (χ1n) is 34.5. The molecule has 2 unspecified atom stereocenters. The SMILES string of the molecule is Cc1cc(CC(OC(=O)N2CCC(N3Cc4cccc(F)c4NC3=O)CC2)C(=O)N2CCN(C3CCCCC3)CC2)cc2[nH]c(=O)[nH]c12.Cc1cc(CC(OC(=O)N2CCC(N3Cc4ccccc4NC3=O)CC2)C(=O)N2CCN(C3CCCCC3)CC2)cc2[nH]c(=O)[nH]c12. The molecule has 0 radical (unpaired) electrons. The Morgan fingerprint density at radius 1 is 0.474 bits per heavy atom. The average molecular weight is 1310 g/mol. The Morgan fingerprint density at radius 2 is 0.905 bits per heavy atom. The number of aromatic amines is 4. The minimum absolute atomic E-state index is 0.00324. The maximum atomic E-state index is 14.2. The number of aromatic nitrogens is 4. The maximum Gasteiger partial charge on any atom is 0.410 e. The van der Waals surface area contributed by atoms with Crippen molar-refractivity contribution in [2.24, 2.45) is 0 Å². The molecule has 6 fully saturated rings. The molecule has 2 aromatic heterocycles. The summed E-state index contributed by atoms with van der Waals surface area (Å²) in [5.41, 5.74) is 8.34. The molecule has 6 aliphatic heterocycles. The minimum Gasteiger partial charge on any atom is -0.436 e. The molecule has 506 valence electrons. The first kappa shape index (κ1) is 65.0. The van der Waals surface area contributed by atoms with E-state index in [1.165, 1.54) is 70.3 Å². The van der Waals surface area contributed by atoms with Crippen molar-refractivity contribution in [3.05, 3.63) is 127 Å². The number of piperidine rings is 2. The number of hydrogen-bond acceptors (Lipinski definition) is 12. The number of imidazole rings is 2. The second-order valence-corrected chi connectivity index (χ2v) is 27.3. The van der Waals surface area contributed by atoms with Gasteiger partial charge < -0.3 is 69.4 Å². The maximum absolute atomic E-state index is 14.2. The third-order valence-corrected chi connectivity index (χ3v) is 21.2. The lowest BCUT2D eigenvalue weighted by Crippen LogP contribution is -2.55. The van der Waals surface area contributed by atoms with E-state index in [1.807, 2.05) is 77.1 Å². The second kappa shape index (κ2) is 28.7. The minimum atomic E-state index is -1.03. The van der Waals surface area contributed by atoms with Crippen LogP contribution in [0, 0.1) is 19.7 Å². The number of piperazine rings is 2. The lowest BCUT2D eigenvalue weighted by Gasteiger charge is -2.42. The van der Waals surface area contributed by atoms with E-state index in [2.05, 4.69) is 40.4 Å². The molecule has 95 heavy (non-hydrogen) atoms. The van der Waals surface area contributed by atoms with Crippen molar-refractivity contribution >= 4 is 69.5 Å². The average Bonchev–Trinajstić information content (AvgIpc) is 0.989.